The third kappa shape index (κ3) is 3.00. The largest absolute Gasteiger partial charge is 0.481 e. The maximum absolute atomic E-state index is 12.9. The zero-order valence-electron chi connectivity index (χ0n) is 11.0. The third-order valence-electron chi connectivity index (χ3n) is 2.52. The number of ether oxygens (including phenoxy) is 1. The molecule has 0 fully saturated rings. The fourth-order valence-corrected chi connectivity index (χ4v) is 1.61. The lowest BCUT2D eigenvalue weighted by Crippen LogP contribution is -2.16. The Kier molecular flexibility index (Phi) is 3.79. The zero-order valence-corrected chi connectivity index (χ0v) is 11.0. The number of nitrogens with zero attached hydrogens (tertiary/aromatic N) is 2. The number of halogens is 1. The van der Waals surface area contributed by atoms with Crippen LogP contribution in [-0.4, -0.2) is 23.0 Å². The summed E-state index contributed by atoms with van der Waals surface area (Å²) in [5, 5.41) is 2.49. The minimum absolute atomic E-state index is 0.0436. The lowest BCUT2D eigenvalue weighted by molar-refractivity contribution is 0.102. The smallest absolute Gasteiger partial charge is 0.260 e. The summed E-state index contributed by atoms with van der Waals surface area (Å²) in [4.78, 5) is 20.1. The van der Waals surface area contributed by atoms with E-state index in [9.17, 15) is 9.18 Å². The molecule has 2 rings (SSSR count). The number of anilines is 2. The van der Waals surface area contributed by atoms with Crippen LogP contribution in [0.2, 0.25) is 0 Å². The highest BCUT2D eigenvalue weighted by atomic mass is 19.1. The fourth-order valence-electron chi connectivity index (χ4n) is 1.61. The van der Waals surface area contributed by atoms with Gasteiger partial charge < -0.3 is 10.5 Å². The highest BCUT2D eigenvalue weighted by Gasteiger charge is 2.13. The number of nitrogen functional groups attached to an aromatic ring is 1. The van der Waals surface area contributed by atoms with Crippen molar-refractivity contribution >= 4 is 17.5 Å². The molecule has 104 valence electrons. The summed E-state index contributed by atoms with van der Waals surface area (Å²) in [6.45, 7) is 1.74. The van der Waals surface area contributed by atoms with E-state index in [2.05, 4.69) is 15.3 Å². The maximum Gasteiger partial charge on any atom is 0.260 e. The predicted octanol–water partition coefficient (Wildman–Crippen LogP) is 1.77. The summed E-state index contributed by atoms with van der Waals surface area (Å²) in [5.41, 5.74) is 6.43. The van der Waals surface area contributed by atoms with Gasteiger partial charge in [-0.1, -0.05) is 0 Å². The Morgan fingerprint density at radius 1 is 1.35 bits per heavy atom. The van der Waals surface area contributed by atoms with Crippen molar-refractivity contribution in [2.24, 2.45) is 0 Å². The van der Waals surface area contributed by atoms with Gasteiger partial charge in [0.2, 0.25) is 11.8 Å². The standard InChI is InChI=1S/C13H13FN4O2/c1-7-5-11(20-2)17-13(16-7)18-12(19)9-4-3-8(14)6-10(9)15/h3-6H,15H2,1-2H3,(H,16,17,18,19). The summed E-state index contributed by atoms with van der Waals surface area (Å²) in [6.07, 6.45) is 0. The van der Waals surface area contributed by atoms with E-state index in [1.807, 2.05) is 0 Å². The summed E-state index contributed by atoms with van der Waals surface area (Å²) < 4.78 is 17.9. The molecule has 0 atom stereocenters. The van der Waals surface area contributed by atoms with E-state index < -0.39 is 11.7 Å². The maximum atomic E-state index is 12.9. The van der Waals surface area contributed by atoms with E-state index in [0.29, 0.717) is 11.6 Å². The van der Waals surface area contributed by atoms with Crippen LogP contribution in [0.4, 0.5) is 16.0 Å². The molecule has 2 aromatic rings. The SMILES string of the molecule is COc1cc(C)nc(NC(=O)c2ccc(F)cc2N)n1. The molecule has 20 heavy (non-hydrogen) atoms. The molecule has 1 aromatic heterocycles. The topological polar surface area (TPSA) is 90.1 Å². The van der Waals surface area contributed by atoms with Gasteiger partial charge in [-0.05, 0) is 25.1 Å². The van der Waals surface area contributed by atoms with Crippen molar-refractivity contribution in [3.63, 3.8) is 0 Å². The average Bonchev–Trinajstić information content (AvgIpc) is 2.37. The van der Waals surface area contributed by atoms with Gasteiger partial charge in [-0.15, -0.1) is 0 Å². The molecule has 0 aliphatic carbocycles. The van der Waals surface area contributed by atoms with Gasteiger partial charge in [-0.2, -0.15) is 4.98 Å². The first-order valence-electron chi connectivity index (χ1n) is 5.75. The van der Waals surface area contributed by atoms with Crippen LogP contribution in [0.3, 0.4) is 0 Å². The van der Waals surface area contributed by atoms with Gasteiger partial charge in [0.15, 0.2) is 0 Å². The minimum atomic E-state index is -0.518. The van der Waals surface area contributed by atoms with Gasteiger partial charge >= 0.3 is 0 Å². The van der Waals surface area contributed by atoms with E-state index in [1.165, 1.54) is 13.2 Å². The normalized spacial score (nSPS) is 10.2. The number of nitrogens with two attached hydrogens (primary N) is 1. The number of amides is 1. The van der Waals surface area contributed by atoms with Crippen LogP contribution in [0.25, 0.3) is 0 Å². The first-order valence-corrected chi connectivity index (χ1v) is 5.75. The van der Waals surface area contributed by atoms with Crippen LogP contribution in [0.1, 0.15) is 16.1 Å². The highest BCUT2D eigenvalue weighted by molar-refractivity contribution is 6.06. The molecule has 0 aliphatic rings. The van der Waals surface area contributed by atoms with Crippen molar-refractivity contribution in [1.82, 2.24) is 9.97 Å². The number of carbonyl (C=O) groups is 1. The average molecular weight is 276 g/mol. The first-order chi connectivity index (χ1) is 9.49. The summed E-state index contributed by atoms with van der Waals surface area (Å²) in [5.74, 6) is -0.599. The number of hydrogen-bond acceptors (Lipinski definition) is 5. The van der Waals surface area contributed by atoms with Crippen LogP contribution in [0, 0.1) is 12.7 Å². The molecular formula is C13H13FN4O2. The Labute approximate surface area is 114 Å². The molecule has 0 saturated heterocycles. The van der Waals surface area contributed by atoms with Crippen LogP contribution in [0.5, 0.6) is 5.88 Å². The van der Waals surface area contributed by atoms with Crippen molar-refractivity contribution < 1.29 is 13.9 Å². The van der Waals surface area contributed by atoms with Gasteiger partial charge in [0, 0.05) is 17.4 Å². The van der Waals surface area contributed by atoms with Crippen molar-refractivity contribution in [2.45, 2.75) is 6.92 Å². The number of benzene rings is 1. The molecule has 0 radical (unpaired) electrons. The molecule has 1 aromatic carbocycles. The van der Waals surface area contributed by atoms with Crippen molar-refractivity contribution in [3.8, 4) is 5.88 Å². The Morgan fingerprint density at radius 2 is 2.10 bits per heavy atom. The van der Waals surface area contributed by atoms with Gasteiger partial charge in [-0.25, -0.2) is 9.37 Å². The predicted molar refractivity (Wildman–Crippen MR) is 72.1 cm³/mol. The van der Waals surface area contributed by atoms with Crippen LogP contribution >= 0.6 is 0 Å². The minimum Gasteiger partial charge on any atom is -0.481 e. The molecule has 1 amide bonds. The van der Waals surface area contributed by atoms with Gasteiger partial charge in [0.05, 0.1) is 12.7 Å². The number of aryl methyl sites for hydroxylation is 1. The number of methoxy groups -OCH3 is 1. The summed E-state index contributed by atoms with van der Waals surface area (Å²) >= 11 is 0. The van der Waals surface area contributed by atoms with E-state index >= 15 is 0 Å². The van der Waals surface area contributed by atoms with Crippen molar-refractivity contribution in [3.05, 3.63) is 41.3 Å². The van der Waals surface area contributed by atoms with Gasteiger partial charge in [0.1, 0.15) is 5.82 Å². The van der Waals surface area contributed by atoms with Crippen LogP contribution < -0.4 is 15.8 Å². The third-order valence-corrected chi connectivity index (χ3v) is 2.52. The van der Waals surface area contributed by atoms with E-state index in [-0.39, 0.29) is 17.2 Å². The lowest BCUT2D eigenvalue weighted by Gasteiger charge is -2.08. The zero-order chi connectivity index (χ0) is 14.7. The second-order valence-corrected chi connectivity index (χ2v) is 4.06. The van der Waals surface area contributed by atoms with Crippen LogP contribution in [0.15, 0.2) is 24.3 Å². The summed E-state index contributed by atoms with van der Waals surface area (Å²) in [7, 11) is 1.46. The Morgan fingerprint density at radius 3 is 2.75 bits per heavy atom. The Hall–Kier alpha value is -2.70. The first kappa shape index (κ1) is 13.7. The second-order valence-electron chi connectivity index (χ2n) is 4.06. The Bertz CT molecular complexity index is 661. The van der Waals surface area contributed by atoms with Gasteiger partial charge in [-0.3, -0.25) is 10.1 Å². The summed E-state index contributed by atoms with van der Waals surface area (Å²) in [6, 6.07) is 5.16. The second kappa shape index (κ2) is 5.52. The molecule has 0 bridgehead atoms. The van der Waals surface area contributed by atoms with Crippen molar-refractivity contribution in [2.75, 3.05) is 18.2 Å². The molecule has 3 N–H and O–H groups in total. The highest BCUT2D eigenvalue weighted by Crippen LogP contribution is 2.16. The van der Waals surface area contributed by atoms with Crippen LogP contribution in [-0.2, 0) is 0 Å². The fraction of sp³-hybridized carbons (Fsp3) is 0.154. The lowest BCUT2D eigenvalue weighted by atomic mass is 10.1. The molecule has 0 spiro atoms. The number of carbonyl (C=O) groups excluding carboxylic acids is 1. The number of aromatic nitrogens is 2. The monoisotopic (exact) mass is 276 g/mol. The van der Waals surface area contributed by atoms with Gasteiger partial charge in [0.25, 0.3) is 5.91 Å². The Balaban J connectivity index is 2.25. The number of rotatable bonds is 3. The molecule has 0 unspecified atom stereocenters. The van der Waals surface area contributed by atoms with E-state index in [0.717, 1.165) is 12.1 Å². The molecule has 0 saturated carbocycles. The molecule has 1 heterocycles. The van der Waals surface area contributed by atoms with Crippen molar-refractivity contribution in [1.29, 1.82) is 0 Å². The number of nitrogens with one attached hydrogen (secondary N) is 1. The molecule has 0 aliphatic heterocycles. The molecule has 7 heteroatoms. The van der Waals surface area contributed by atoms with E-state index in [1.54, 1.807) is 13.0 Å². The molecule has 6 nitrogen and oxygen atoms in total. The number of hydrogen-bond donors (Lipinski definition) is 2. The molecular weight excluding hydrogens is 263 g/mol. The van der Waals surface area contributed by atoms with E-state index in [4.69, 9.17) is 10.5 Å². The quantitative estimate of drug-likeness (QED) is 0.834.